The number of alkyl halides is 4. The third-order valence-corrected chi connectivity index (χ3v) is 6.72. The maximum atomic E-state index is 12.5. The third kappa shape index (κ3) is 5.83. The van der Waals surface area contributed by atoms with Crippen molar-refractivity contribution in [2.24, 2.45) is 0 Å². The van der Waals surface area contributed by atoms with Crippen molar-refractivity contribution in [3.8, 4) is 11.5 Å². The predicted octanol–water partition coefficient (Wildman–Crippen LogP) is 2.81. The molecule has 0 amide bonds. The Balaban J connectivity index is 2.05. The number of sulfonamides is 1. The average molecular weight is 471 g/mol. The van der Waals surface area contributed by atoms with Gasteiger partial charge in [-0.25, -0.2) is 21.6 Å². The molecule has 0 aromatic heterocycles. The van der Waals surface area contributed by atoms with Gasteiger partial charge in [0.05, 0.1) is 16.9 Å². The summed E-state index contributed by atoms with van der Waals surface area (Å²) < 4.78 is 109. The summed E-state index contributed by atoms with van der Waals surface area (Å²) in [5.41, 5.74) is 0.564. The molecule has 0 aliphatic carbocycles. The number of sulfone groups is 1. The van der Waals surface area contributed by atoms with Gasteiger partial charge in [0.2, 0.25) is 19.9 Å². The van der Waals surface area contributed by atoms with Crippen LogP contribution in [0.25, 0.3) is 0 Å². The van der Waals surface area contributed by atoms with Gasteiger partial charge in [-0.05, 0) is 48.4 Å². The van der Waals surface area contributed by atoms with Crippen LogP contribution in [0.3, 0.4) is 0 Å². The van der Waals surface area contributed by atoms with E-state index in [9.17, 15) is 34.4 Å². The first-order valence-electron chi connectivity index (χ1n) is 8.21. The van der Waals surface area contributed by atoms with Crippen molar-refractivity contribution in [3.63, 3.8) is 0 Å². The number of benzene rings is 2. The minimum absolute atomic E-state index is 0.0477. The smallest absolute Gasteiger partial charge is 0.387 e. The second-order valence-corrected chi connectivity index (χ2v) is 9.47. The highest BCUT2D eigenvalue weighted by atomic mass is 32.2. The molecule has 13 heteroatoms. The zero-order valence-corrected chi connectivity index (χ0v) is 17.0. The molecule has 0 radical (unpaired) electrons. The lowest BCUT2D eigenvalue weighted by atomic mass is 10.1. The van der Waals surface area contributed by atoms with E-state index in [1.165, 1.54) is 25.3 Å². The molecule has 0 saturated heterocycles. The van der Waals surface area contributed by atoms with Gasteiger partial charge in [0, 0.05) is 6.54 Å². The van der Waals surface area contributed by atoms with E-state index in [-0.39, 0.29) is 29.4 Å². The number of halogens is 4. The van der Waals surface area contributed by atoms with Crippen LogP contribution >= 0.6 is 0 Å². The highest BCUT2D eigenvalue weighted by molar-refractivity contribution is 7.91. The van der Waals surface area contributed by atoms with Gasteiger partial charge in [-0.3, -0.25) is 0 Å². The molecule has 0 aliphatic heterocycles. The SMILES string of the molecule is COc1cc(CCNS(=O)(=O)c2ccc(S(=O)(=O)C(F)F)cc2)ccc1OC(F)F. The fourth-order valence-corrected chi connectivity index (χ4v) is 4.14. The van der Waals surface area contributed by atoms with Gasteiger partial charge >= 0.3 is 12.4 Å². The lowest BCUT2D eigenvalue weighted by molar-refractivity contribution is -0.0512. The van der Waals surface area contributed by atoms with E-state index in [4.69, 9.17) is 4.74 Å². The van der Waals surface area contributed by atoms with Gasteiger partial charge in [0.15, 0.2) is 11.5 Å². The quantitative estimate of drug-likeness (QED) is 0.535. The summed E-state index contributed by atoms with van der Waals surface area (Å²) in [6.45, 7) is -3.11. The molecule has 0 bridgehead atoms. The second kappa shape index (κ2) is 9.62. The molecule has 0 fully saturated rings. The van der Waals surface area contributed by atoms with E-state index in [1.54, 1.807) is 0 Å². The number of methoxy groups -OCH3 is 1. The zero-order chi connectivity index (χ0) is 22.5. The fraction of sp³-hybridized carbons (Fsp3) is 0.294. The average Bonchev–Trinajstić information content (AvgIpc) is 2.68. The van der Waals surface area contributed by atoms with Gasteiger partial charge in [0.1, 0.15) is 0 Å². The largest absolute Gasteiger partial charge is 0.493 e. The van der Waals surface area contributed by atoms with Gasteiger partial charge in [-0.1, -0.05) is 6.07 Å². The Morgan fingerprint density at radius 2 is 1.50 bits per heavy atom. The Bertz CT molecular complexity index is 1070. The van der Waals surface area contributed by atoms with Gasteiger partial charge in [-0.2, -0.15) is 17.6 Å². The number of hydrogen-bond acceptors (Lipinski definition) is 6. The number of hydrogen-bond donors (Lipinski definition) is 1. The molecule has 0 unspecified atom stereocenters. The van der Waals surface area contributed by atoms with Crippen LogP contribution in [0.2, 0.25) is 0 Å². The topological polar surface area (TPSA) is 98.8 Å². The van der Waals surface area contributed by atoms with Crippen LogP contribution < -0.4 is 14.2 Å². The lowest BCUT2D eigenvalue weighted by Gasteiger charge is -2.12. The predicted molar refractivity (Wildman–Crippen MR) is 98.2 cm³/mol. The standard InChI is InChI=1S/C17H17F4NO6S2/c1-27-15-10-11(2-7-14(15)28-16(18)19)8-9-22-30(25,26)13-5-3-12(4-6-13)29(23,24)17(20)21/h2-7,10,16-17,22H,8-9H2,1H3. The molecule has 0 saturated carbocycles. The Morgan fingerprint density at radius 1 is 0.900 bits per heavy atom. The molecule has 30 heavy (non-hydrogen) atoms. The van der Waals surface area contributed by atoms with Crippen LogP contribution in [-0.2, 0) is 26.3 Å². The van der Waals surface area contributed by atoms with Crippen LogP contribution in [0, 0.1) is 0 Å². The molecular formula is C17H17F4NO6S2. The molecule has 1 N–H and O–H groups in total. The van der Waals surface area contributed by atoms with Crippen LogP contribution in [-0.4, -0.2) is 42.9 Å². The summed E-state index contributed by atoms with van der Waals surface area (Å²) >= 11 is 0. The van der Waals surface area contributed by atoms with Crippen LogP contribution in [0.15, 0.2) is 52.3 Å². The maximum absolute atomic E-state index is 12.5. The normalized spacial score (nSPS) is 12.4. The number of ether oxygens (including phenoxy) is 2. The first kappa shape index (κ1) is 23.9. The second-order valence-electron chi connectivity index (χ2n) is 5.79. The van der Waals surface area contributed by atoms with Crippen molar-refractivity contribution in [1.82, 2.24) is 4.72 Å². The lowest BCUT2D eigenvalue weighted by Crippen LogP contribution is -2.26. The Labute approximate surface area is 170 Å². The molecule has 0 atom stereocenters. The molecule has 166 valence electrons. The molecule has 2 rings (SSSR count). The Kier molecular flexibility index (Phi) is 7.66. The molecule has 0 spiro atoms. The molecule has 0 heterocycles. The van der Waals surface area contributed by atoms with Crippen LogP contribution in [0.1, 0.15) is 5.56 Å². The molecule has 2 aromatic rings. The van der Waals surface area contributed by atoms with E-state index < -0.39 is 37.1 Å². The first-order chi connectivity index (χ1) is 14.0. The Morgan fingerprint density at radius 3 is 2.03 bits per heavy atom. The summed E-state index contributed by atoms with van der Waals surface area (Å²) in [5, 5.41) is 0. The highest BCUT2D eigenvalue weighted by Crippen LogP contribution is 2.29. The molecule has 0 aliphatic rings. The summed E-state index contributed by atoms with van der Waals surface area (Å²) in [7, 11) is -7.61. The van der Waals surface area contributed by atoms with Crippen molar-refractivity contribution >= 4 is 19.9 Å². The summed E-state index contributed by atoms with van der Waals surface area (Å²) in [6, 6.07) is 7.49. The highest BCUT2D eigenvalue weighted by Gasteiger charge is 2.27. The van der Waals surface area contributed by atoms with Crippen molar-refractivity contribution in [1.29, 1.82) is 0 Å². The van der Waals surface area contributed by atoms with E-state index in [2.05, 4.69) is 9.46 Å². The van der Waals surface area contributed by atoms with E-state index >= 15 is 0 Å². The first-order valence-corrected chi connectivity index (χ1v) is 11.2. The van der Waals surface area contributed by atoms with Crippen molar-refractivity contribution in [2.75, 3.05) is 13.7 Å². The van der Waals surface area contributed by atoms with Gasteiger partial charge < -0.3 is 9.47 Å². The molecule has 7 nitrogen and oxygen atoms in total. The van der Waals surface area contributed by atoms with Crippen LogP contribution in [0.4, 0.5) is 17.6 Å². The molecule has 2 aromatic carbocycles. The van der Waals surface area contributed by atoms with Gasteiger partial charge in [0.25, 0.3) is 0 Å². The fourth-order valence-electron chi connectivity index (χ4n) is 2.39. The number of nitrogens with one attached hydrogen (secondary N) is 1. The minimum Gasteiger partial charge on any atom is -0.493 e. The van der Waals surface area contributed by atoms with E-state index in [1.807, 2.05) is 0 Å². The van der Waals surface area contributed by atoms with E-state index in [0.717, 1.165) is 24.3 Å². The van der Waals surface area contributed by atoms with Crippen molar-refractivity contribution in [3.05, 3.63) is 48.0 Å². The zero-order valence-electron chi connectivity index (χ0n) is 15.4. The van der Waals surface area contributed by atoms with Gasteiger partial charge in [-0.15, -0.1) is 0 Å². The van der Waals surface area contributed by atoms with Crippen molar-refractivity contribution in [2.45, 2.75) is 28.6 Å². The van der Waals surface area contributed by atoms with E-state index in [0.29, 0.717) is 5.56 Å². The minimum atomic E-state index is -4.83. The van der Waals surface area contributed by atoms with Crippen LogP contribution in [0.5, 0.6) is 11.5 Å². The summed E-state index contributed by atoms with van der Waals surface area (Å²) in [5.74, 6) is -3.74. The maximum Gasteiger partial charge on any atom is 0.387 e. The third-order valence-electron chi connectivity index (χ3n) is 3.85. The monoisotopic (exact) mass is 471 g/mol. The molecular weight excluding hydrogens is 454 g/mol. The summed E-state index contributed by atoms with van der Waals surface area (Å²) in [6.07, 6.45) is 0.169. The number of rotatable bonds is 10. The van der Waals surface area contributed by atoms with Crippen molar-refractivity contribution < 1.29 is 43.9 Å². The summed E-state index contributed by atoms with van der Waals surface area (Å²) in [4.78, 5) is -1.01. The Hall–Kier alpha value is -2.38.